The zero-order valence-electron chi connectivity index (χ0n) is 5.19. The van der Waals surface area contributed by atoms with Crippen LogP contribution in [0.5, 0.6) is 0 Å². The van der Waals surface area contributed by atoms with Gasteiger partial charge in [-0.25, -0.2) is 0 Å². The molecule has 0 atom stereocenters. The molecule has 0 aliphatic heterocycles. The number of benzene rings is 1. The van der Waals surface area contributed by atoms with Crippen molar-refractivity contribution in [2.24, 2.45) is 0 Å². The maximum Gasteiger partial charge on any atom is 0.150 e. The van der Waals surface area contributed by atoms with Gasteiger partial charge < -0.3 is 0 Å². The van der Waals surface area contributed by atoms with Crippen LogP contribution in [0.25, 0.3) is 0 Å². The van der Waals surface area contributed by atoms with Crippen molar-refractivity contribution < 1.29 is 4.79 Å². The molecule has 1 aromatic rings. The van der Waals surface area contributed by atoms with E-state index < -0.39 is 0 Å². The van der Waals surface area contributed by atoms with Gasteiger partial charge in [-0.3, -0.25) is 4.79 Å². The van der Waals surface area contributed by atoms with Crippen molar-refractivity contribution in [3.63, 3.8) is 0 Å². The molecule has 1 rings (SSSR count). The van der Waals surface area contributed by atoms with E-state index in [1.54, 1.807) is 12.1 Å². The highest BCUT2D eigenvalue weighted by Gasteiger charge is 1.79. The van der Waals surface area contributed by atoms with E-state index in [2.05, 4.69) is 0 Å². The maximum absolute atomic E-state index is 10.0. The van der Waals surface area contributed by atoms with Gasteiger partial charge in [0.2, 0.25) is 0 Å². The lowest BCUT2D eigenvalue weighted by atomic mass is 10.2. The van der Waals surface area contributed by atoms with E-state index in [-0.39, 0.29) is 32.2 Å². The summed E-state index contributed by atoms with van der Waals surface area (Å²) in [4.78, 5) is 10.0. The molecule has 0 fully saturated rings. The Hall–Kier alpha value is -0.530. The van der Waals surface area contributed by atoms with Crippen LogP contribution in [0.15, 0.2) is 30.3 Å². The van der Waals surface area contributed by atoms with Crippen LogP contribution in [0.4, 0.5) is 0 Å². The Morgan fingerprint density at radius 1 is 1.00 bits per heavy atom. The number of halogens is 2. The summed E-state index contributed by atoms with van der Waals surface area (Å²) in [6.07, 6.45) is 0.833. The Morgan fingerprint density at radius 3 is 1.73 bits per heavy atom. The molecule has 0 aliphatic rings. The van der Waals surface area contributed by atoms with Crippen molar-refractivity contribution >= 4 is 31.1 Å². The van der Waals surface area contributed by atoms with Crippen LogP contribution in [0.1, 0.15) is 17.8 Å². The van der Waals surface area contributed by atoms with E-state index >= 15 is 0 Å². The molecular weight excluding hydrogens is 183 g/mol. The molecule has 0 spiro atoms. The Labute approximate surface area is 79.6 Å². The first-order valence-corrected chi connectivity index (χ1v) is 2.44. The second-order valence-corrected chi connectivity index (χ2v) is 1.53. The van der Waals surface area contributed by atoms with Gasteiger partial charge in [0.05, 0.1) is 0 Å². The van der Waals surface area contributed by atoms with Gasteiger partial charge in [0.25, 0.3) is 0 Å². The van der Waals surface area contributed by atoms with Gasteiger partial charge in [0, 0.05) is 5.56 Å². The average Bonchev–Trinajstić information content (AvgIpc) is 1.90. The van der Waals surface area contributed by atoms with E-state index in [1.165, 1.54) is 0 Å². The summed E-state index contributed by atoms with van der Waals surface area (Å²) < 4.78 is 0. The smallest absolute Gasteiger partial charge is 0.150 e. The molecular formula is C8H12Cl2O. The summed E-state index contributed by atoms with van der Waals surface area (Å²) in [5, 5.41) is 0. The average molecular weight is 195 g/mol. The van der Waals surface area contributed by atoms with Crippen LogP contribution in [0, 0.1) is 0 Å². The molecule has 0 aliphatic carbocycles. The Balaban J connectivity index is -0.000000213. The van der Waals surface area contributed by atoms with Crippen molar-refractivity contribution in [1.29, 1.82) is 0 Å². The minimum absolute atomic E-state index is 0. The zero-order valence-corrected chi connectivity index (χ0v) is 6.82. The number of aldehydes is 1. The molecule has 0 heterocycles. The highest BCUT2D eigenvalue weighted by atomic mass is 35.5. The number of hydrogen-bond acceptors (Lipinski definition) is 1. The first-order valence-electron chi connectivity index (χ1n) is 2.44. The van der Waals surface area contributed by atoms with Gasteiger partial charge in [-0.2, -0.15) is 0 Å². The number of carbonyl (C=O) groups is 1. The molecule has 0 saturated heterocycles. The summed E-state index contributed by atoms with van der Waals surface area (Å²) in [6.45, 7) is 0. The molecule has 64 valence electrons. The van der Waals surface area contributed by atoms with E-state index in [9.17, 15) is 4.79 Å². The molecule has 1 nitrogen and oxygen atoms in total. The monoisotopic (exact) mass is 194 g/mol. The second kappa shape index (κ2) is 9.47. The lowest BCUT2D eigenvalue weighted by molar-refractivity contribution is 0.112. The van der Waals surface area contributed by atoms with E-state index in [0.29, 0.717) is 0 Å². The fraction of sp³-hybridized carbons (Fsp3) is 0.125. The fourth-order valence-electron chi connectivity index (χ4n) is 0.532. The van der Waals surface area contributed by atoms with Gasteiger partial charge in [0.15, 0.2) is 0 Å². The molecule has 0 bridgehead atoms. The zero-order chi connectivity index (χ0) is 5.82. The number of carbonyl (C=O) groups excluding carboxylic acids is 1. The van der Waals surface area contributed by atoms with Crippen molar-refractivity contribution in [1.82, 2.24) is 0 Å². The first-order chi connectivity index (χ1) is 3.93. The van der Waals surface area contributed by atoms with E-state index in [0.717, 1.165) is 11.8 Å². The van der Waals surface area contributed by atoms with Crippen molar-refractivity contribution in [3.05, 3.63) is 35.9 Å². The van der Waals surface area contributed by atoms with Crippen LogP contribution in [0.3, 0.4) is 0 Å². The topological polar surface area (TPSA) is 17.1 Å². The van der Waals surface area contributed by atoms with Crippen LogP contribution in [0.2, 0.25) is 0 Å². The summed E-state index contributed by atoms with van der Waals surface area (Å²) in [5.41, 5.74) is 0.729. The molecule has 0 amide bonds. The minimum atomic E-state index is 0. The predicted molar refractivity (Wildman–Crippen MR) is 53.1 cm³/mol. The van der Waals surface area contributed by atoms with E-state index in [1.807, 2.05) is 18.2 Å². The van der Waals surface area contributed by atoms with Crippen LogP contribution in [-0.4, -0.2) is 6.29 Å². The second-order valence-electron chi connectivity index (χ2n) is 1.53. The van der Waals surface area contributed by atoms with Gasteiger partial charge in [-0.15, -0.1) is 24.8 Å². The largest absolute Gasteiger partial charge is 0.298 e. The number of hydrogen-bond donors (Lipinski definition) is 0. The summed E-state index contributed by atoms with van der Waals surface area (Å²) in [7, 11) is 0. The van der Waals surface area contributed by atoms with Gasteiger partial charge in [0.1, 0.15) is 6.29 Å². The van der Waals surface area contributed by atoms with E-state index in [4.69, 9.17) is 0 Å². The van der Waals surface area contributed by atoms with Gasteiger partial charge in [-0.1, -0.05) is 37.8 Å². The van der Waals surface area contributed by atoms with Gasteiger partial charge in [-0.05, 0) is 0 Å². The highest BCUT2D eigenvalue weighted by Crippen LogP contribution is 1.91. The molecule has 11 heavy (non-hydrogen) atoms. The van der Waals surface area contributed by atoms with Crippen LogP contribution >= 0.6 is 24.8 Å². The molecule has 1 aromatic carbocycles. The maximum atomic E-state index is 10.0. The molecule has 0 unspecified atom stereocenters. The third kappa shape index (κ3) is 5.89. The Morgan fingerprint density at radius 2 is 1.45 bits per heavy atom. The quantitative estimate of drug-likeness (QED) is 0.629. The van der Waals surface area contributed by atoms with Gasteiger partial charge >= 0.3 is 0 Å². The third-order valence-corrected chi connectivity index (χ3v) is 0.936. The molecule has 0 radical (unpaired) electrons. The molecule has 0 N–H and O–H groups in total. The third-order valence-electron chi connectivity index (χ3n) is 0.936. The fourth-order valence-corrected chi connectivity index (χ4v) is 0.532. The SMILES string of the molecule is C.Cl.Cl.O=Cc1ccccc1. The Bertz CT molecular complexity index is 175. The Kier molecular flexibility index (Phi) is 14.5. The standard InChI is InChI=1S/C7H6O.CH4.2ClH/c8-6-7-4-2-1-3-5-7;;;/h1-6H;1H4;2*1H. The van der Waals surface area contributed by atoms with Crippen molar-refractivity contribution in [3.8, 4) is 0 Å². The van der Waals surface area contributed by atoms with Crippen molar-refractivity contribution in [2.45, 2.75) is 7.43 Å². The van der Waals surface area contributed by atoms with Crippen LogP contribution < -0.4 is 0 Å². The van der Waals surface area contributed by atoms with Crippen molar-refractivity contribution in [2.75, 3.05) is 0 Å². The lowest BCUT2D eigenvalue weighted by Gasteiger charge is -1.81. The molecule has 0 aromatic heterocycles. The summed E-state index contributed by atoms with van der Waals surface area (Å²) >= 11 is 0. The first kappa shape index (κ1) is 16.8. The number of rotatable bonds is 1. The predicted octanol–water partition coefficient (Wildman–Crippen LogP) is 2.98. The molecule has 3 heteroatoms. The summed E-state index contributed by atoms with van der Waals surface area (Å²) in [6, 6.07) is 9.10. The lowest BCUT2D eigenvalue weighted by Crippen LogP contribution is -1.73. The highest BCUT2D eigenvalue weighted by molar-refractivity contribution is 5.85. The molecule has 0 saturated carbocycles. The normalized spacial score (nSPS) is 6.18. The minimum Gasteiger partial charge on any atom is -0.298 e. The summed E-state index contributed by atoms with van der Waals surface area (Å²) in [5.74, 6) is 0. The van der Waals surface area contributed by atoms with Crippen LogP contribution in [-0.2, 0) is 0 Å².